The van der Waals surface area contributed by atoms with Crippen LogP contribution >= 0.6 is 11.3 Å². The Balaban J connectivity index is 1.67. The molecular weight excluding hydrogens is 348 g/mol. The fourth-order valence-electron chi connectivity index (χ4n) is 3.17. The largest absolute Gasteiger partial charge is 0.377 e. The van der Waals surface area contributed by atoms with Crippen LogP contribution in [0, 0.1) is 0 Å². The molecule has 2 aliphatic heterocycles. The molecule has 2 fully saturated rings. The minimum Gasteiger partial charge on any atom is -0.377 e. The summed E-state index contributed by atoms with van der Waals surface area (Å²) >= 11 is 1.22. The maximum Gasteiger partial charge on any atom is 0.252 e. The van der Waals surface area contributed by atoms with Crippen LogP contribution < -0.4 is 0 Å². The van der Waals surface area contributed by atoms with Crippen molar-refractivity contribution in [3.8, 4) is 0 Å². The number of rotatable bonds is 4. The summed E-state index contributed by atoms with van der Waals surface area (Å²) in [5.41, 5.74) is 0. The second-order valence-electron chi connectivity index (χ2n) is 6.37. The number of thiophene rings is 1. The standard InChI is InChI=1S/C16H24N2O4S2/c1-13-12-22-10-9-18(13)15(19)11-14-5-6-16(23-14)24(20,21)17-7-3-2-4-8-17/h5-6,13H,2-4,7-12H2,1H3. The Labute approximate surface area is 147 Å². The van der Waals surface area contributed by atoms with Crippen molar-refractivity contribution in [3.63, 3.8) is 0 Å². The van der Waals surface area contributed by atoms with Crippen LogP contribution in [-0.2, 0) is 26.0 Å². The predicted octanol–water partition coefficient (Wildman–Crippen LogP) is 1.71. The van der Waals surface area contributed by atoms with Crippen LogP contribution in [0.15, 0.2) is 16.3 Å². The van der Waals surface area contributed by atoms with E-state index in [9.17, 15) is 13.2 Å². The van der Waals surface area contributed by atoms with Crippen LogP contribution in [0.5, 0.6) is 0 Å². The van der Waals surface area contributed by atoms with E-state index in [-0.39, 0.29) is 18.4 Å². The molecule has 1 aromatic heterocycles. The van der Waals surface area contributed by atoms with Gasteiger partial charge in [-0.1, -0.05) is 6.42 Å². The number of morpholine rings is 1. The second-order valence-corrected chi connectivity index (χ2v) is 9.71. The highest BCUT2D eigenvalue weighted by Crippen LogP contribution is 2.27. The second kappa shape index (κ2) is 7.51. The Bertz CT molecular complexity index is 680. The van der Waals surface area contributed by atoms with Crippen molar-refractivity contribution >= 4 is 27.3 Å². The van der Waals surface area contributed by atoms with Gasteiger partial charge < -0.3 is 9.64 Å². The molecule has 1 unspecified atom stereocenters. The lowest BCUT2D eigenvalue weighted by atomic mass is 10.2. The topological polar surface area (TPSA) is 66.9 Å². The molecule has 1 aromatic rings. The summed E-state index contributed by atoms with van der Waals surface area (Å²) in [5.74, 6) is 0.0366. The van der Waals surface area contributed by atoms with Gasteiger partial charge in [0.05, 0.1) is 25.7 Å². The number of hydrogen-bond donors (Lipinski definition) is 0. The van der Waals surface area contributed by atoms with Gasteiger partial charge in [-0.2, -0.15) is 4.31 Å². The van der Waals surface area contributed by atoms with Crippen LogP contribution in [0.2, 0.25) is 0 Å². The van der Waals surface area contributed by atoms with E-state index in [2.05, 4.69) is 0 Å². The molecule has 3 rings (SSSR count). The van der Waals surface area contributed by atoms with Crippen LogP contribution in [0.25, 0.3) is 0 Å². The van der Waals surface area contributed by atoms with E-state index in [4.69, 9.17) is 4.74 Å². The Morgan fingerprint density at radius 3 is 2.71 bits per heavy atom. The van der Waals surface area contributed by atoms with Crippen LogP contribution in [0.4, 0.5) is 0 Å². The van der Waals surface area contributed by atoms with E-state index in [1.165, 1.54) is 11.3 Å². The van der Waals surface area contributed by atoms with Gasteiger partial charge in [-0.3, -0.25) is 4.79 Å². The van der Waals surface area contributed by atoms with Gasteiger partial charge in [0, 0.05) is 24.5 Å². The zero-order chi connectivity index (χ0) is 17.2. The zero-order valence-electron chi connectivity index (χ0n) is 13.9. The summed E-state index contributed by atoms with van der Waals surface area (Å²) in [4.78, 5) is 15.1. The molecule has 24 heavy (non-hydrogen) atoms. The third kappa shape index (κ3) is 3.82. The maximum atomic E-state index is 12.7. The SMILES string of the molecule is CC1COCCN1C(=O)Cc1ccc(S(=O)(=O)N2CCCCC2)s1. The van der Waals surface area contributed by atoms with Gasteiger partial charge in [0.25, 0.3) is 10.0 Å². The fraction of sp³-hybridized carbons (Fsp3) is 0.688. The average Bonchev–Trinajstić information content (AvgIpc) is 3.05. The molecule has 0 saturated carbocycles. The minimum absolute atomic E-state index is 0.0366. The molecule has 0 radical (unpaired) electrons. The molecule has 2 aliphatic rings. The molecule has 0 bridgehead atoms. The predicted molar refractivity (Wildman–Crippen MR) is 92.6 cm³/mol. The Morgan fingerprint density at radius 2 is 2.00 bits per heavy atom. The van der Waals surface area contributed by atoms with Crippen molar-refractivity contribution in [2.75, 3.05) is 32.8 Å². The molecule has 1 atom stereocenters. The summed E-state index contributed by atoms with van der Waals surface area (Å²) in [5, 5.41) is 0. The smallest absolute Gasteiger partial charge is 0.252 e. The monoisotopic (exact) mass is 372 g/mol. The average molecular weight is 373 g/mol. The molecule has 2 saturated heterocycles. The first-order chi connectivity index (χ1) is 11.5. The van der Waals surface area contributed by atoms with Gasteiger partial charge in [-0.15, -0.1) is 11.3 Å². The molecule has 8 heteroatoms. The van der Waals surface area contributed by atoms with E-state index in [1.807, 2.05) is 11.8 Å². The van der Waals surface area contributed by atoms with E-state index < -0.39 is 10.0 Å². The van der Waals surface area contributed by atoms with Crippen molar-refractivity contribution < 1.29 is 17.9 Å². The zero-order valence-corrected chi connectivity index (χ0v) is 15.6. The Hall–Kier alpha value is -0.960. The molecule has 0 aromatic carbocycles. The number of carbonyl (C=O) groups is 1. The normalized spacial score (nSPS) is 23.4. The lowest BCUT2D eigenvalue weighted by molar-refractivity contribution is -0.138. The number of carbonyl (C=O) groups excluding carboxylic acids is 1. The van der Waals surface area contributed by atoms with E-state index in [1.54, 1.807) is 16.4 Å². The third-order valence-electron chi connectivity index (χ3n) is 4.56. The highest BCUT2D eigenvalue weighted by Gasteiger charge is 2.28. The van der Waals surface area contributed by atoms with E-state index >= 15 is 0 Å². The summed E-state index contributed by atoms with van der Waals surface area (Å²) < 4.78 is 32.6. The number of sulfonamides is 1. The van der Waals surface area contributed by atoms with Crippen LogP contribution in [0.3, 0.4) is 0 Å². The van der Waals surface area contributed by atoms with Gasteiger partial charge in [0.2, 0.25) is 5.91 Å². The first-order valence-electron chi connectivity index (χ1n) is 8.44. The quantitative estimate of drug-likeness (QED) is 0.807. The fourth-order valence-corrected chi connectivity index (χ4v) is 6.19. The van der Waals surface area contributed by atoms with Crippen molar-refractivity contribution in [3.05, 3.63) is 17.0 Å². The Kier molecular flexibility index (Phi) is 5.59. The van der Waals surface area contributed by atoms with Crippen LogP contribution in [-0.4, -0.2) is 62.4 Å². The molecule has 0 spiro atoms. The Morgan fingerprint density at radius 1 is 1.25 bits per heavy atom. The van der Waals surface area contributed by atoms with E-state index in [0.29, 0.717) is 37.1 Å². The lowest BCUT2D eigenvalue weighted by Crippen LogP contribution is -2.47. The summed E-state index contributed by atoms with van der Waals surface area (Å²) in [6.45, 7) is 4.89. The van der Waals surface area contributed by atoms with Crippen molar-refractivity contribution in [1.29, 1.82) is 0 Å². The van der Waals surface area contributed by atoms with Gasteiger partial charge in [-0.05, 0) is 31.9 Å². The number of amides is 1. The van der Waals surface area contributed by atoms with Crippen molar-refractivity contribution in [2.45, 2.75) is 42.9 Å². The molecule has 0 N–H and O–H groups in total. The van der Waals surface area contributed by atoms with Gasteiger partial charge in [0.15, 0.2) is 0 Å². The summed E-state index contributed by atoms with van der Waals surface area (Å²) in [6.07, 6.45) is 3.19. The molecule has 6 nitrogen and oxygen atoms in total. The van der Waals surface area contributed by atoms with Gasteiger partial charge >= 0.3 is 0 Å². The first-order valence-corrected chi connectivity index (χ1v) is 10.7. The molecule has 1 amide bonds. The molecule has 134 valence electrons. The summed E-state index contributed by atoms with van der Waals surface area (Å²) in [6, 6.07) is 3.48. The van der Waals surface area contributed by atoms with Crippen molar-refractivity contribution in [2.24, 2.45) is 0 Å². The maximum absolute atomic E-state index is 12.7. The number of ether oxygens (including phenoxy) is 1. The number of hydrogen-bond acceptors (Lipinski definition) is 5. The summed E-state index contributed by atoms with van der Waals surface area (Å²) in [7, 11) is -3.41. The minimum atomic E-state index is -3.41. The van der Waals surface area contributed by atoms with E-state index in [0.717, 1.165) is 24.1 Å². The highest BCUT2D eigenvalue weighted by molar-refractivity contribution is 7.91. The van der Waals surface area contributed by atoms with Gasteiger partial charge in [0.1, 0.15) is 4.21 Å². The van der Waals surface area contributed by atoms with Gasteiger partial charge in [-0.25, -0.2) is 8.42 Å². The lowest BCUT2D eigenvalue weighted by Gasteiger charge is -2.33. The number of nitrogens with zero attached hydrogens (tertiary/aromatic N) is 2. The van der Waals surface area contributed by atoms with Crippen molar-refractivity contribution in [1.82, 2.24) is 9.21 Å². The molecule has 3 heterocycles. The highest BCUT2D eigenvalue weighted by atomic mass is 32.2. The first kappa shape index (κ1) is 17.8. The third-order valence-corrected chi connectivity index (χ3v) is 8.01. The molecular formula is C16H24N2O4S2. The molecule has 0 aliphatic carbocycles. The number of piperidine rings is 1. The van der Waals surface area contributed by atoms with Crippen LogP contribution in [0.1, 0.15) is 31.1 Å².